The van der Waals surface area contributed by atoms with Gasteiger partial charge in [0.05, 0.1) is 12.1 Å². The highest BCUT2D eigenvalue weighted by atomic mass is 79.9. The SMILES string of the molecule is CC(=O)O[C@@H]1C[C@H](C(N)=O)N(C(=O)[C@@H](NC(=O)COCCCCC#Cc2ccc(C(=O)N[C@H]3C(C)(C)[C@H](Oc4ccc(C#N)c(Br)c4)C3(C)C)cc2)C(C)(C)C)C1. The van der Waals surface area contributed by atoms with Crippen molar-refractivity contribution < 1.29 is 38.2 Å². The summed E-state index contributed by atoms with van der Waals surface area (Å²) in [6.07, 6.45) is 1.28. The molecule has 0 radical (unpaired) electrons. The number of nitrogens with zero attached hydrogens (tertiary/aromatic N) is 2. The molecule has 1 saturated heterocycles. The lowest BCUT2D eigenvalue weighted by Gasteiger charge is -2.63. The van der Waals surface area contributed by atoms with E-state index in [1.54, 1.807) is 51.1 Å². The first-order valence-electron chi connectivity index (χ1n) is 19.1. The van der Waals surface area contributed by atoms with Gasteiger partial charge in [-0.1, -0.05) is 60.3 Å². The monoisotopic (exact) mass is 847 g/mol. The Hall–Kier alpha value is -4.92. The van der Waals surface area contributed by atoms with Gasteiger partial charge in [0.15, 0.2) is 0 Å². The zero-order valence-corrected chi connectivity index (χ0v) is 35.6. The van der Waals surface area contributed by atoms with Crippen LogP contribution in [0.5, 0.6) is 5.75 Å². The summed E-state index contributed by atoms with van der Waals surface area (Å²) < 4.78 is 17.8. The summed E-state index contributed by atoms with van der Waals surface area (Å²) in [5.74, 6) is 4.56. The van der Waals surface area contributed by atoms with Crippen molar-refractivity contribution in [2.24, 2.45) is 22.0 Å². The standard InChI is InChI=1S/C43H54BrN5O8/c1-26(50)56-31-22-33(36(46)52)49(24-31)38(54)35(41(2,3)4)47-34(51)25-55-20-12-10-9-11-13-27-14-16-28(17-15-27)37(53)48-39-42(5,6)40(43(39,7)8)57-30-19-18-29(23-45)32(44)21-30/h14-19,21,31,33,35,39-40H,9-10,12,20,22,24-25H2,1-8H3,(H2,46,52)(H,47,51)(H,48,53)/t31-,33-,35-,39-,40-/m1/s1. The van der Waals surface area contributed by atoms with Gasteiger partial charge in [-0.05, 0) is 76.7 Å². The largest absolute Gasteiger partial charge is 0.489 e. The van der Waals surface area contributed by atoms with Crippen LogP contribution in [0.3, 0.4) is 0 Å². The van der Waals surface area contributed by atoms with Gasteiger partial charge < -0.3 is 35.5 Å². The van der Waals surface area contributed by atoms with Crippen molar-refractivity contribution in [2.45, 2.75) is 111 Å². The summed E-state index contributed by atoms with van der Waals surface area (Å²) in [4.78, 5) is 64.5. The zero-order valence-electron chi connectivity index (χ0n) is 34.0. The summed E-state index contributed by atoms with van der Waals surface area (Å²) >= 11 is 3.42. The molecular formula is C43H54BrN5O8. The van der Waals surface area contributed by atoms with Gasteiger partial charge in [0.25, 0.3) is 5.91 Å². The molecule has 0 bridgehead atoms. The fourth-order valence-corrected chi connectivity index (χ4v) is 8.36. The van der Waals surface area contributed by atoms with Crippen LogP contribution in [0.1, 0.15) is 103 Å². The number of hydrogen-bond donors (Lipinski definition) is 3. The number of benzene rings is 2. The Labute approximate surface area is 343 Å². The normalized spacial score (nSPS) is 21.1. The van der Waals surface area contributed by atoms with Crippen molar-refractivity contribution >= 4 is 45.5 Å². The third kappa shape index (κ3) is 11.1. The van der Waals surface area contributed by atoms with Crippen LogP contribution < -0.4 is 21.1 Å². The maximum Gasteiger partial charge on any atom is 0.302 e. The minimum absolute atomic E-state index is 0.00795. The van der Waals surface area contributed by atoms with E-state index in [9.17, 15) is 29.2 Å². The average Bonchev–Trinajstić information content (AvgIpc) is 3.55. The number of amides is 4. The number of likely N-dealkylation sites (tertiary alicyclic amines) is 1. The number of primary amides is 1. The molecule has 4 N–H and O–H groups in total. The van der Waals surface area contributed by atoms with Crippen LogP contribution in [-0.2, 0) is 28.7 Å². The summed E-state index contributed by atoms with van der Waals surface area (Å²) in [5, 5.41) is 15.2. The van der Waals surface area contributed by atoms with Crippen LogP contribution in [0.25, 0.3) is 0 Å². The molecule has 3 atom stereocenters. The number of nitrogens with two attached hydrogens (primary N) is 1. The molecule has 4 rings (SSSR count). The van der Waals surface area contributed by atoms with Gasteiger partial charge in [0, 0.05) is 58.8 Å². The molecule has 57 heavy (non-hydrogen) atoms. The lowest BCUT2D eigenvalue weighted by atomic mass is 9.49. The van der Waals surface area contributed by atoms with Gasteiger partial charge in [-0.3, -0.25) is 24.0 Å². The number of rotatable bonds is 14. The third-order valence-corrected chi connectivity index (χ3v) is 11.2. The van der Waals surface area contributed by atoms with E-state index in [1.807, 2.05) is 12.1 Å². The van der Waals surface area contributed by atoms with E-state index in [4.69, 9.17) is 19.9 Å². The van der Waals surface area contributed by atoms with E-state index in [1.165, 1.54) is 11.8 Å². The van der Waals surface area contributed by atoms with E-state index in [0.717, 1.165) is 12.0 Å². The smallest absolute Gasteiger partial charge is 0.302 e. The number of nitrogens with one attached hydrogen (secondary N) is 2. The molecule has 2 aliphatic rings. The number of esters is 1. The molecule has 306 valence electrons. The van der Waals surface area contributed by atoms with Crippen LogP contribution >= 0.6 is 15.9 Å². The van der Waals surface area contributed by atoms with Gasteiger partial charge in [0.2, 0.25) is 17.7 Å². The molecule has 1 heterocycles. The number of carbonyl (C=O) groups is 5. The second-order valence-electron chi connectivity index (χ2n) is 16.9. The molecular weight excluding hydrogens is 794 g/mol. The van der Waals surface area contributed by atoms with E-state index < -0.39 is 47.3 Å². The molecule has 1 aliphatic heterocycles. The molecule has 13 nitrogen and oxygen atoms in total. The summed E-state index contributed by atoms with van der Waals surface area (Å²) in [7, 11) is 0. The van der Waals surface area contributed by atoms with Crippen molar-refractivity contribution in [3.63, 3.8) is 0 Å². The van der Waals surface area contributed by atoms with Gasteiger partial charge >= 0.3 is 5.97 Å². The highest BCUT2D eigenvalue weighted by Crippen LogP contribution is 2.55. The quantitative estimate of drug-likeness (QED) is 0.133. The molecule has 1 aliphatic carbocycles. The van der Waals surface area contributed by atoms with Gasteiger partial charge in [-0.2, -0.15) is 5.26 Å². The average molecular weight is 849 g/mol. The first kappa shape index (κ1) is 44.8. The van der Waals surface area contributed by atoms with Crippen LogP contribution in [0.4, 0.5) is 0 Å². The Kier molecular flexibility index (Phi) is 14.6. The van der Waals surface area contributed by atoms with E-state index in [2.05, 4.69) is 72.2 Å². The summed E-state index contributed by atoms with van der Waals surface area (Å²) in [6, 6.07) is 12.5. The van der Waals surface area contributed by atoms with Crippen molar-refractivity contribution in [1.29, 1.82) is 5.26 Å². The number of carbonyl (C=O) groups excluding carboxylic acids is 5. The molecule has 0 aromatic heterocycles. The molecule has 4 amide bonds. The Morgan fingerprint density at radius 3 is 2.28 bits per heavy atom. The Morgan fingerprint density at radius 1 is 1.04 bits per heavy atom. The van der Waals surface area contributed by atoms with Crippen LogP contribution in [-0.4, -0.2) is 84.6 Å². The van der Waals surface area contributed by atoms with Crippen molar-refractivity contribution in [3.8, 4) is 23.7 Å². The van der Waals surface area contributed by atoms with Crippen LogP contribution in [0.2, 0.25) is 0 Å². The van der Waals surface area contributed by atoms with E-state index in [0.29, 0.717) is 40.8 Å². The number of ether oxygens (including phenoxy) is 3. The van der Waals surface area contributed by atoms with E-state index in [-0.39, 0.29) is 48.5 Å². The predicted octanol–water partition coefficient (Wildman–Crippen LogP) is 5.02. The maximum atomic E-state index is 13.6. The van der Waals surface area contributed by atoms with Crippen molar-refractivity contribution in [2.75, 3.05) is 19.8 Å². The van der Waals surface area contributed by atoms with Crippen molar-refractivity contribution in [1.82, 2.24) is 15.5 Å². The van der Waals surface area contributed by atoms with Gasteiger partial charge in [-0.15, -0.1) is 0 Å². The fraction of sp³-hybridized carbons (Fsp3) is 0.535. The number of halogens is 1. The minimum Gasteiger partial charge on any atom is -0.489 e. The Bertz CT molecular complexity index is 1920. The molecule has 2 aromatic carbocycles. The molecule has 2 fully saturated rings. The highest BCUT2D eigenvalue weighted by molar-refractivity contribution is 9.10. The minimum atomic E-state index is -0.967. The lowest BCUT2D eigenvalue weighted by molar-refractivity contribution is -0.164. The third-order valence-electron chi connectivity index (χ3n) is 10.5. The molecule has 2 aromatic rings. The van der Waals surface area contributed by atoms with Crippen LogP contribution in [0, 0.1) is 39.4 Å². The first-order chi connectivity index (χ1) is 26.7. The lowest BCUT2D eigenvalue weighted by Crippen LogP contribution is -2.74. The topological polar surface area (TPSA) is 190 Å². The maximum absolute atomic E-state index is 13.6. The number of nitriles is 1. The Morgan fingerprint density at radius 2 is 1.70 bits per heavy atom. The summed E-state index contributed by atoms with van der Waals surface area (Å²) in [5.41, 5.74) is 5.98. The fourth-order valence-electron chi connectivity index (χ4n) is 7.91. The molecule has 1 saturated carbocycles. The predicted molar refractivity (Wildman–Crippen MR) is 216 cm³/mol. The number of hydrogen-bond acceptors (Lipinski definition) is 9. The Balaban J connectivity index is 1.18. The number of unbranched alkanes of at least 4 members (excludes halogenated alkanes) is 2. The second kappa shape index (κ2) is 18.6. The molecule has 14 heteroatoms. The van der Waals surface area contributed by atoms with Crippen molar-refractivity contribution in [3.05, 3.63) is 63.6 Å². The zero-order chi connectivity index (χ0) is 42.3. The highest BCUT2D eigenvalue weighted by Gasteiger charge is 2.64. The first-order valence-corrected chi connectivity index (χ1v) is 19.9. The molecule has 0 spiro atoms. The van der Waals surface area contributed by atoms with Gasteiger partial charge in [0.1, 0.15) is 42.7 Å². The second-order valence-corrected chi connectivity index (χ2v) is 17.8. The van der Waals surface area contributed by atoms with Gasteiger partial charge in [-0.25, -0.2) is 0 Å². The van der Waals surface area contributed by atoms with Crippen LogP contribution in [0.15, 0.2) is 46.9 Å². The summed E-state index contributed by atoms with van der Waals surface area (Å²) in [6.45, 7) is 15.0. The molecule has 0 unspecified atom stereocenters. The van der Waals surface area contributed by atoms with E-state index >= 15 is 0 Å².